The lowest BCUT2D eigenvalue weighted by atomic mass is 10.1. The minimum Gasteiger partial charge on any atom is -0.506 e. The van der Waals surface area contributed by atoms with Gasteiger partial charge in [0.25, 0.3) is 0 Å². The van der Waals surface area contributed by atoms with Crippen molar-refractivity contribution in [2.45, 2.75) is 0 Å². The molecule has 2 aliphatic rings. The van der Waals surface area contributed by atoms with Gasteiger partial charge in [-0.3, -0.25) is 4.98 Å². The zero-order valence-corrected chi connectivity index (χ0v) is 14.1. The number of aromatic nitrogens is 2. The van der Waals surface area contributed by atoms with Gasteiger partial charge >= 0.3 is 0 Å². The predicted octanol–water partition coefficient (Wildman–Crippen LogP) is 1.52. The van der Waals surface area contributed by atoms with Gasteiger partial charge in [-0.1, -0.05) is 0 Å². The Labute approximate surface area is 146 Å². The molecule has 0 aromatic carbocycles. The molecule has 1 N–H and O–H groups in total. The molecule has 4 rings (SSSR count). The molecular formula is C18H22N4O3. The number of aromatic hydroxyl groups is 1. The Hall–Kier alpha value is -2.38. The monoisotopic (exact) mass is 342 g/mol. The van der Waals surface area contributed by atoms with E-state index >= 15 is 0 Å². The number of nitrogens with zero attached hydrogens (tertiary/aromatic N) is 4. The van der Waals surface area contributed by atoms with E-state index in [4.69, 9.17) is 14.5 Å². The van der Waals surface area contributed by atoms with Crippen LogP contribution < -0.4 is 9.80 Å². The Kier molecular flexibility index (Phi) is 4.67. The zero-order chi connectivity index (χ0) is 17.1. The Bertz CT molecular complexity index is 692. The third-order valence-corrected chi connectivity index (χ3v) is 4.53. The second-order valence-electron chi connectivity index (χ2n) is 6.20. The fraction of sp³-hybridized carbons (Fsp3) is 0.444. The molecule has 0 spiro atoms. The number of rotatable bonds is 3. The summed E-state index contributed by atoms with van der Waals surface area (Å²) < 4.78 is 10.9. The Morgan fingerprint density at radius 2 is 1.52 bits per heavy atom. The van der Waals surface area contributed by atoms with E-state index in [1.54, 1.807) is 12.3 Å². The second-order valence-corrected chi connectivity index (χ2v) is 6.20. The third kappa shape index (κ3) is 3.67. The van der Waals surface area contributed by atoms with Crippen molar-refractivity contribution in [1.82, 2.24) is 9.97 Å². The first-order valence-electron chi connectivity index (χ1n) is 8.61. The first kappa shape index (κ1) is 16.1. The molecule has 7 heteroatoms. The molecule has 0 bridgehead atoms. The smallest absolute Gasteiger partial charge is 0.134 e. The molecule has 132 valence electrons. The highest BCUT2D eigenvalue weighted by molar-refractivity contribution is 5.69. The molecule has 2 saturated heterocycles. The van der Waals surface area contributed by atoms with Crippen molar-refractivity contribution in [3.63, 3.8) is 0 Å². The van der Waals surface area contributed by atoms with Gasteiger partial charge in [-0.15, -0.1) is 0 Å². The summed E-state index contributed by atoms with van der Waals surface area (Å²) in [5.74, 6) is 1.08. The van der Waals surface area contributed by atoms with Gasteiger partial charge in [-0.2, -0.15) is 0 Å². The number of pyridine rings is 2. The van der Waals surface area contributed by atoms with Crippen molar-refractivity contribution in [2.24, 2.45) is 0 Å². The number of hydrogen-bond donors (Lipinski definition) is 1. The van der Waals surface area contributed by atoms with Crippen LogP contribution in [0.5, 0.6) is 5.75 Å². The highest BCUT2D eigenvalue weighted by atomic mass is 16.5. The molecule has 0 atom stereocenters. The molecule has 0 saturated carbocycles. The van der Waals surface area contributed by atoms with Crippen molar-refractivity contribution in [2.75, 3.05) is 62.4 Å². The Morgan fingerprint density at radius 1 is 0.840 bits per heavy atom. The van der Waals surface area contributed by atoms with E-state index in [2.05, 4.69) is 26.9 Å². The summed E-state index contributed by atoms with van der Waals surface area (Å²) in [6.07, 6.45) is 3.16. The average molecular weight is 342 g/mol. The highest BCUT2D eigenvalue weighted by Gasteiger charge is 2.18. The fourth-order valence-electron chi connectivity index (χ4n) is 3.18. The van der Waals surface area contributed by atoms with Gasteiger partial charge in [0.05, 0.1) is 38.3 Å². The van der Waals surface area contributed by atoms with Crippen molar-refractivity contribution < 1.29 is 14.6 Å². The molecule has 7 nitrogen and oxygen atoms in total. The number of morpholine rings is 2. The molecule has 25 heavy (non-hydrogen) atoms. The van der Waals surface area contributed by atoms with Crippen LogP contribution in [0.25, 0.3) is 11.3 Å². The van der Waals surface area contributed by atoms with Gasteiger partial charge in [0.2, 0.25) is 0 Å². The molecule has 2 aromatic rings. The lowest BCUT2D eigenvalue weighted by molar-refractivity contribution is 0.122. The van der Waals surface area contributed by atoms with Crippen molar-refractivity contribution in [3.05, 3.63) is 30.6 Å². The zero-order valence-electron chi connectivity index (χ0n) is 14.1. The standard InChI is InChI=1S/C18H22N4O3/c23-16-9-14(12-19-13-16)17-10-15(21-1-5-24-6-2-21)11-18(20-17)22-3-7-25-8-4-22/h9-13,23H,1-8H2. The average Bonchev–Trinajstić information content (AvgIpc) is 2.69. The SMILES string of the molecule is Oc1cncc(-c2cc(N3CCOCC3)cc(N3CCOCC3)n2)c1. The van der Waals surface area contributed by atoms with Crippen LogP contribution >= 0.6 is 0 Å². The molecule has 0 unspecified atom stereocenters. The van der Waals surface area contributed by atoms with Crippen LogP contribution in [0.1, 0.15) is 0 Å². The molecule has 0 amide bonds. The summed E-state index contributed by atoms with van der Waals surface area (Å²) in [7, 11) is 0. The molecule has 2 aliphatic heterocycles. The van der Waals surface area contributed by atoms with Crippen molar-refractivity contribution in [1.29, 1.82) is 0 Å². The maximum absolute atomic E-state index is 9.77. The van der Waals surface area contributed by atoms with Crippen LogP contribution in [-0.4, -0.2) is 67.7 Å². The summed E-state index contributed by atoms with van der Waals surface area (Å²) in [4.78, 5) is 13.5. The summed E-state index contributed by atoms with van der Waals surface area (Å²) >= 11 is 0. The first-order valence-corrected chi connectivity index (χ1v) is 8.61. The van der Waals surface area contributed by atoms with Gasteiger partial charge in [0, 0.05) is 49.7 Å². The van der Waals surface area contributed by atoms with E-state index in [9.17, 15) is 5.11 Å². The van der Waals surface area contributed by atoms with Crippen LogP contribution in [0.4, 0.5) is 11.5 Å². The molecule has 0 radical (unpaired) electrons. The topological polar surface area (TPSA) is 71.0 Å². The lowest BCUT2D eigenvalue weighted by Gasteiger charge is -2.32. The minimum absolute atomic E-state index is 0.143. The van der Waals surface area contributed by atoms with E-state index in [-0.39, 0.29) is 5.75 Å². The van der Waals surface area contributed by atoms with Crippen LogP contribution in [0.15, 0.2) is 30.6 Å². The highest BCUT2D eigenvalue weighted by Crippen LogP contribution is 2.29. The molecule has 0 aliphatic carbocycles. The summed E-state index contributed by atoms with van der Waals surface area (Å²) in [6.45, 7) is 6.29. The summed E-state index contributed by atoms with van der Waals surface area (Å²) in [6, 6.07) is 5.89. The van der Waals surface area contributed by atoms with Crippen LogP contribution in [0, 0.1) is 0 Å². The predicted molar refractivity (Wildman–Crippen MR) is 95.2 cm³/mol. The van der Waals surface area contributed by atoms with Crippen molar-refractivity contribution in [3.8, 4) is 17.0 Å². The Morgan fingerprint density at radius 3 is 2.20 bits per heavy atom. The van der Waals surface area contributed by atoms with Gasteiger partial charge in [-0.05, 0) is 12.1 Å². The lowest BCUT2D eigenvalue weighted by Crippen LogP contribution is -2.38. The minimum atomic E-state index is 0.143. The maximum Gasteiger partial charge on any atom is 0.134 e. The third-order valence-electron chi connectivity index (χ3n) is 4.53. The van der Waals surface area contributed by atoms with E-state index in [0.717, 1.165) is 62.2 Å². The van der Waals surface area contributed by atoms with Gasteiger partial charge < -0.3 is 24.4 Å². The second kappa shape index (κ2) is 7.25. The summed E-state index contributed by atoms with van der Waals surface area (Å²) in [5.41, 5.74) is 2.75. The van der Waals surface area contributed by atoms with E-state index in [0.29, 0.717) is 13.2 Å². The maximum atomic E-state index is 9.77. The van der Waals surface area contributed by atoms with Crippen molar-refractivity contribution >= 4 is 11.5 Å². The van der Waals surface area contributed by atoms with E-state index in [1.807, 2.05) is 0 Å². The van der Waals surface area contributed by atoms with Gasteiger partial charge in [-0.25, -0.2) is 4.98 Å². The Balaban J connectivity index is 1.73. The quantitative estimate of drug-likeness (QED) is 0.907. The molecule has 4 heterocycles. The fourth-order valence-corrected chi connectivity index (χ4v) is 3.18. The molecule has 2 aromatic heterocycles. The largest absolute Gasteiger partial charge is 0.506 e. The number of anilines is 2. The number of hydrogen-bond acceptors (Lipinski definition) is 7. The summed E-state index contributed by atoms with van der Waals surface area (Å²) in [5, 5.41) is 9.77. The molecular weight excluding hydrogens is 320 g/mol. The van der Waals surface area contributed by atoms with Crippen LogP contribution in [-0.2, 0) is 9.47 Å². The van der Waals surface area contributed by atoms with Gasteiger partial charge in [0.1, 0.15) is 11.6 Å². The number of ether oxygens (including phenoxy) is 2. The van der Waals surface area contributed by atoms with Crippen LogP contribution in [0.2, 0.25) is 0 Å². The molecule has 2 fully saturated rings. The van der Waals surface area contributed by atoms with E-state index in [1.165, 1.54) is 6.20 Å². The normalized spacial score (nSPS) is 18.4. The first-order chi connectivity index (χ1) is 12.3. The van der Waals surface area contributed by atoms with Gasteiger partial charge in [0.15, 0.2) is 0 Å². The van der Waals surface area contributed by atoms with E-state index < -0.39 is 0 Å². The van der Waals surface area contributed by atoms with Crippen LogP contribution in [0.3, 0.4) is 0 Å².